The SMILES string of the molecule is CC(C)[C@@H]1C[C@@H](N)CCO1. The third kappa shape index (κ3) is 1.96. The van der Waals surface area contributed by atoms with E-state index in [4.69, 9.17) is 10.5 Å². The smallest absolute Gasteiger partial charge is 0.0612 e. The lowest BCUT2D eigenvalue weighted by molar-refractivity contribution is -0.0188. The Morgan fingerprint density at radius 3 is 2.60 bits per heavy atom. The van der Waals surface area contributed by atoms with Crippen molar-refractivity contribution in [2.45, 2.75) is 38.8 Å². The van der Waals surface area contributed by atoms with Crippen molar-refractivity contribution >= 4 is 0 Å². The van der Waals surface area contributed by atoms with Crippen LogP contribution in [-0.2, 0) is 4.74 Å². The molecule has 0 aromatic rings. The van der Waals surface area contributed by atoms with Crippen LogP contribution in [0.3, 0.4) is 0 Å². The third-order valence-electron chi connectivity index (χ3n) is 2.10. The maximum atomic E-state index is 5.78. The minimum atomic E-state index is 0.376. The summed E-state index contributed by atoms with van der Waals surface area (Å²) in [5.41, 5.74) is 5.78. The van der Waals surface area contributed by atoms with Gasteiger partial charge in [-0.3, -0.25) is 0 Å². The van der Waals surface area contributed by atoms with Crippen LogP contribution in [0.4, 0.5) is 0 Å². The quantitative estimate of drug-likeness (QED) is 0.597. The van der Waals surface area contributed by atoms with Gasteiger partial charge in [0.2, 0.25) is 0 Å². The minimum absolute atomic E-state index is 0.376. The molecule has 0 saturated carbocycles. The van der Waals surface area contributed by atoms with Crippen molar-refractivity contribution in [3.63, 3.8) is 0 Å². The molecule has 1 heterocycles. The fourth-order valence-corrected chi connectivity index (χ4v) is 1.32. The zero-order valence-electron chi connectivity index (χ0n) is 6.84. The summed E-state index contributed by atoms with van der Waals surface area (Å²) in [6, 6.07) is 0.376. The van der Waals surface area contributed by atoms with E-state index in [1.54, 1.807) is 0 Å². The van der Waals surface area contributed by atoms with Crippen LogP contribution in [0.25, 0.3) is 0 Å². The van der Waals surface area contributed by atoms with E-state index in [-0.39, 0.29) is 0 Å². The minimum Gasteiger partial charge on any atom is -0.378 e. The molecule has 2 atom stereocenters. The molecule has 0 radical (unpaired) electrons. The zero-order valence-corrected chi connectivity index (χ0v) is 6.84. The predicted molar refractivity (Wildman–Crippen MR) is 41.8 cm³/mol. The van der Waals surface area contributed by atoms with Gasteiger partial charge in [-0.2, -0.15) is 0 Å². The van der Waals surface area contributed by atoms with Crippen molar-refractivity contribution in [1.82, 2.24) is 0 Å². The van der Waals surface area contributed by atoms with E-state index < -0.39 is 0 Å². The average Bonchev–Trinajstić information content (AvgIpc) is 1.88. The van der Waals surface area contributed by atoms with Gasteiger partial charge in [0.25, 0.3) is 0 Å². The van der Waals surface area contributed by atoms with Crippen molar-refractivity contribution in [3.05, 3.63) is 0 Å². The van der Waals surface area contributed by atoms with Crippen molar-refractivity contribution in [3.8, 4) is 0 Å². The Morgan fingerprint density at radius 1 is 1.50 bits per heavy atom. The lowest BCUT2D eigenvalue weighted by atomic mass is 9.96. The highest BCUT2D eigenvalue weighted by molar-refractivity contribution is 4.75. The van der Waals surface area contributed by atoms with Gasteiger partial charge in [0.15, 0.2) is 0 Å². The Bertz CT molecular complexity index is 103. The molecule has 1 aliphatic rings. The van der Waals surface area contributed by atoms with Crippen LogP contribution >= 0.6 is 0 Å². The summed E-state index contributed by atoms with van der Waals surface area (Å²) in [7, 11) is 0. The van der Waals surface area contributed by atoms with Crippen molar-refractivity contribution in [1.29, 1.82) is 0 Å². The summed E-state index contributed by atoms with van der Waals surface area (Å²) in [6.07, 6.45) is 2.48. The van der Waals surface area contributed by atoms with Crippen LogP contribution in [0.15, 0.2) is 0 Å². The molecular formula is C8H17NO. The highest BCUT2D eigenvalue weighted by Crippen LogP contribution is 2.18. The highest BCUT2D eigenvalue weighted by atomic mass is 16.5. The van der Waals surface area contributed by atoms with Gasteiger partial charge in [0.05, 0.1) is 6.10 Å². The van der Waals surface area contributed by atoms with E-state index in [1.165, 1.54) is 0 Å². The standard InChI is InChI=1S/C8H17NO/c1-6(2)8-5-7(9)3-4-10-8/h6-8H,3-5,9H2,1-2H3/t7-,8-/m0/s1. The summed E-state index contributed by atoms with van der Waals surface area (Å²) in [4.78, 5) is 0. The summed E-state index contributed by atoms with van der Waals surface area (Å²) >= 11 is 0. The monoisotopic (exact) mass is 143 g/mol. The lowest BCUT2D eigenvalue weighted by Crippen LogP contribution is -2.37. The Labute approximate surface area is 62.7 Å². The fourth-order valence-electron chi connectivity index (χ4n) is 1.32. The molecule has 2 heteroatoms. The summed E-state index contributed by atoms with van der Waals surface area (Å²) < 4.78 is 5.53. The van der Waals surface area contributed by atoms with Gasteiger partial charge in [0.1, 0.15) is 0 Å². The van der Waals surface area contributed by atoms with E-state index in [9.17, 15) is 0 Å². The average molecular weight is 143 g/mol. The van der Waals surface area contributed by atoms with Gasteiger partial charge >= 0.3 is 0 Å². The topological polar surface area (TPSA) is 35.2 Å². The van der Waals surface area contributed by atoms with Crippen molar-refractivity contribution < 1.29 is 4.74 Å². The molecule has 0 aromatic heterocycles. The molecule has 0 unspecified atom stereocenters. The number of ether oxygens (including phenoxy) is 1. The second-order valence-electron chi connectivity index (χ2n) is 3.44. The zero-order chi connectivity index (χ0) is 7.56. The Morgan fingerprint density at radius 2 is 2.20 bits per heavy atom. The van der Waals surface area contributed by atoms with E-state index in [0.717, 1.165) is 19.4 Å². The van der Waals surface area contributed by atoms with Gasteiger partial charge in [-0.15, -0.1) is 0 Å². The largest absolute Gasteiger partial charge is 0.378 e. The van der Waals surface area contributed by atoms with Crippen LogP contribution in [0.2, 0.25) is 0 Å². The Hall–Kier alpha value is -0.0800. The first kappa shape index (κ1) is 8.02. The molecule has 10 heavy (non-hydrogen) atoms. The second kappa shape index (κ2) is 3.35. The van der Waals surface area contributed by atoms with Gasteiger partial charge < -0.3 is 10.5 Å². The molecule has 1 aliphatic heterocycles. The van der Waals surface area contributed by atoms with Gasteiger partial charge in [-0.1, -0.05) is 13.8 Å². The maximum absolute atomic E-state index is 5.78. The molecule has 1 fully saturated rings. The molecule has 1 rings (SSSR count). The summed E-state index contributed by atoms with van der Waals surface area (Å²) in [5, 5.41) is 0. The van der Waals surface area contributed by atoms with Crippen LogP contribution in [0, 0.1) is 5.92 Å². The van der Waals surface area contributed by atoms with Crippen LogP contribution < -0.4 is 5.73 Å². The van der Waals surface area contributed by atoms with Gasteiger partial charge in [-0.25, -0.2) is 0 Å². The Kier molecular flexibility index (Phi) is 2.69. The molecule has 0 aromatic carbocycles. The molecule has 0 aliphatic carbocycles. The third-order valence-corrected chi connectivity index (χ3v) is 2.10. The van der Waals surface area contributed by atoms with E-state index in [2.05, 4.69) is 13.8 Å². The summed E-state index contributed by atoms with van der Waals surface area (Å²) in [5.74, 6) is 0.617. The molecule has 1 saturated heterocycles. The van der Waals surface area contributed by atoms with Crippen LogP contribution in [-0.4, -0.2) is 18.8 Å². The molecule has 2 nitrogen and oxygen atoms in total. The van der Waals surface area contributed by atoms with Crippen LogP contribution in [0.1, 0.15) is 26.7 Å². The van der Waals surface area contributed by atoms with Crippen LogP contribution in [0.5, 0.6) is 0 Å². The molecular weight excluding hydrogens is 126 g/mol. The maximum Gasteiger partial charge on any atom is 0.0612 e. The number of hydrogen-bond donors (Lipinski definition) is 1. The number of nitrogens with two attached hydrogens (primary N) is 1. The molecule has 0 spiro atoms. The fraction of sp³-hybridized carbons (Fsp3) is 1.00. The first-order chi connectivity index (χ1) is 4.70. The van der Waals surface area contributed by atoms with Gasteiger partial charge in [-0.05, 0) is 18.8 Å². The molecule has 0 bridgehead atoms. The van der Waals surface area contributed by atoms with E-state index in [0.29, 0.717) is 18.1 Å². The van der Waals surface area contributed by atoms with Crippen molar-refractivity contribution in [2.75, 3.05) is 6.61 Å². The second-order valence-corrected chi connectivity index (χ2v) is 3.44. The van der Waals surface area contributed by atoms with Gasteiger partial charge in [0, 0.05) is 12.6 Å². The first-order valence-electron chi connectivity index (χ1n) is 4.07. The predicted octanol–water partition coefficient (Wildman–Crippen LogP) is 1.15. The molecule has 2 N–H and O–H groups in total. The first-order valence-corrected chi connectivity index (χ1v) is 4.07. The van der Waals surface area contributed by atoms with E-state index in [1.807, 2.05) is 0 Å². The number of rotatable bonds is 1. The normalized spacial score (nSPS) is 34.8. The highest BCUT2D eigenvalue weighted by Gasteiger charge is 2.21. The molecule has 0 amide bonds. The Balaban J connectivity index is 2.32. The lowest BCUT2D eigenvalue weighted by Gasteiger charge is -2.29. The molecule has 60 valence electrons. The van der Waals surface area contributed by atoms with E-state index >= 15 is 0 Å². The number of hydrogen-bond acceptors (Lipinski definition) is 2. The summed E-state index contributed by atoms with van der Waals surface area (Å²) in [6.45, 7) is 5.22. The van der Waals surface area contributed by atoms with Crippen molar-refractivity contribution in [2.24, 2.45) is 11.7 Å².